The summed E-state index contributed by atoms with van der Waals surface area (Å²) < 4.78 is 4.99. The Morgan fingerprint density at radius 2 is 1.83 bits per heavy atom. The van der Waals surface area contributed by atoms with Crippen LogP contribution < -0.4 is 10.6 Å². The fraction of sp³-hybridized carbons (Fsp3) is 0.211. The van der Waals surface area contributed by atoms with Gasteiger partial charge in [0.2, 0.25) is 0 Å². The van der Waals surface area contributed by atoms with Crippen molar-refractivity contribution in [2.75, 3.05) is 0 Å². The molecule has 0 spiro atoms. The van der Waals surface area contributed by atoms with Crippen molar-refractivity contribution in [2.24, 2.45) is 5.92 Å². The van der Waals surface area contributed by atoms with Crippen LogP contribution in [0.15, 0.2) is 52.8 Å². The van der Waals surface area contributed by atoms with Gasteiger partial charge in [-0.05, 0) is 41.8 Å². The van der Waals surface area contributed by atoms with E-state index in [4.69, 9.17) is 4.42 Å². The first-order chi connectivity index (χ1) is 13.7. The lowest BCUT2D eigenvalue weighted by Crippen LogP contribution is -2.47. The van der Waals surface area contributed by atoms with Crippen LogP contribution in [-0.4, -0.2) is 33.9 Å². The van der Waals surface area contributed by atoms with Gasteiger partial charge in [0, 0.05) is 12.1 Å². The van der Waals surface area contributed by atoms with Gasteiger partial charge < -0.3 is 20.2 Å². The number of carbonyl (C=O) groups is 3. The molecule has 0 saturated heterocycles. The molecule has 1 unspecified atom stereocenters. The van der Waals surface area contributed by atoms with Crippen molar-refractivity contribution in [1.29, 1.82) is 0 Å². The number of furan rings is 1. The predicted octanol–water partition coefficient (Wildman–Crippen LogP) is 2.18. The summed E-state index contributed by atoms with van der Waals surface area (Å²) >= 11 is 0. The average molecular weight is 401 g/mol. The third kappa shape index (κ3) is 5.76. The van der Waals surface area contributed by atoms with Crippen molar-refractivity contribution < 1.29 is 28.8 Å². The Balaban J connectivity index is 2.33. The van der Waals surface area contributed by atoms with E-state index in [2.05, 4.69) is 10.6 Å². The van der Waals surface area contributed by atoms with Crippen LogP contribution in [0.2, 0.25) is 0 Å². The molecule has 29 heavy (non-hydrogen) atoms. The minimum atomic E-state index is -1.22. The van der Waals surface area contributed by atoms with Gasteiger partial charge in [-0.25, -0.2) is 4.79 Å². The Kier molecular flexibility index (Phi) is 6.85. The highest BCUT2D eigenvalue weighted by Gasteiger charge is 2.26. The van der Waals surface area contributed by atoms with E-state index in [1.165, 1.54) is 48.7 Å². The number of hydrogen-bond donors (Lipinski definition) is 3. The number of carboxylic acid groups (broad SMARTS) is 1. The van der Waals surface area contributed by atoms with E-state index in [0.717, 1.165) is 0 Å². The zero-order valence-electron chi connectivity index (χ0n) is 15.6. The van der Waals surface area contributed by atoms with Gasteiger partial charge in [-0.1, -0.05) is 13.8 Å². The molecule has 3 N–H and O–H groups in total. The molecule has 0 fully saturated rings. The Morgan fingerprint density at radius 1 is 1.17 bits per heavy atom. The molecule has 2 aromatic rings. The summed E-state index contributed by atoms with van der Waals surface area (Å²) in [5.41, 5.74) is 0.00240. The van der Waals surface area contributed by atoms with Crippen LogP contribution >= 0.6 is 0 Å². The van der Waals surface area contributed by atoms with Crippen LogP contribution in [0.1, 0.15) is 30.0 Å². The third-order valence-corrected chi connectivity index (χ3v) is 3.87. The van der Waals surface area contributed by atoms with Crippen molar-refractivity contribution in [3.8, 4) is 0 Å². The number of aliphatic carboxylic acids is 1. The van der Waals surface area contributed by atoms with Gasteiger partial charge in [0.05, 0.1) is 11.2 Å². The number of non-ortho nitro benzene ring substituents is 1. The van der Waals surface area contributed by atoms with Crippen molar-refractivity contribution >= 4 is 29.5 Å². The lowest BCUT2D eigenvalue weighted by molar-refractivity contribution is -0.384. The Bertz CT molecular complexity index is 931. The Hall–Kier alpha value is -3.95. The van der Waals surface area contributed by atoms with Gasteiger partial charge in [0.1, 0.15) is 11.7 Å². The molecule has 2 amide bonds. The molecule has 1 heterocycles. The lowest BCUT2D eigenvalue weighted by atomic mass is 10.0. The van der Waals surface area contributed by atoms with Crippen LogP contribution in [-0.2, 0) is 9.59 Å². The molecule has 0 radical (unpaired) electrons. The summed E-state index contributed by atoms with van der Waals surface area (Å²) in [5, 5.41) is 24.8. The number of carbonyl (C=O) groups excluding carboxylic acids is 2. The molecule has 1 aromatic heterocycles. The summed E-state index contributed by atoms with van der Waals surface area (Å²) in [6.45, 7) is 3.25. The second-order valence-electron chi connectivity index (χ2n) is 6.37. The zero-order chi connectivity index (χ0) is 21.6. The molecule has 152 valence electrons. The first-order valence-electron chi connectivity index (χ1n) is 8.53. The van der Waals surface area contributed by atoms with Crippen molar-refractivity contribution in [3.63, 3.8) is 0 Å². The van der Waals surface area contributed by atoms with E-state index < -0.39 is 34.7 Å². The summed E-state index contributed by atoms with van der Waals surface area (Å²) in [6.07, 6.45) is 2.56. The predicted molar refractivity (Wildman–Crippen MR) is 102 cm³/mol. The van der Waals surface area contributed by atoms with Crippen molar-refractivity contribution in [3.05, 3.63) is 69.8 Å². The average Bonchev–Trinajstić information content (AvgIpc) is 3.20. The second-order valence-corrected chi connectivity index (χ2v) is 6.37. The maximum Gasteiger partial charge on any atom is 0.326 e. The fourth-order valence-electron chi connectivity index (χ4n) is 2.34. The molecule has 1 aromatic carbocycles. The zero-order valence-corrected chi connectivity index (χ0v) is 15.6. The van der Waals surface area contributed by atoms with Gasteiger partial charge in [0.25, 0.3) is 17.5 Å². The summed E-state index contributed by atoms with van der Waals surface area (Å²) in [4.78, 5) is 46.5. The van der Waals surface area contributed by atoms with Gasteiger partial charge in [-0.15, -0.1) is 0 Å². The minimum Gasteiger partial charge on any atom is -0.480 e. The highest BCUT2D eigenvalue weighted by atomic mass is 16.6. The lowest BCUT2D eigenvalue weighted by Gasteiger charge is -2.19. The van der Waals surface area contributed by atoms with E-state index in [9.17, 15) is 29.6 Å². The largest absolute Gasteiger partial charge is 0.480 e. The number of nitro benzene ring substituents is 1. The van der Waals surface area contributed by atoms with Gasteiger partial charge in [-0.3, -0.25) is 19.7 Å². The standard InChI is InChI=1S/C19H19N3O7/c1-11(2)16(19(25)26)21-17(23)14(20-18(24)15-4-3-9-29-15)10-12-5-7-13(8-6-12)22(27)28/h3-11,16H,1-2H3,(H,20,24)(H,21,23)(H,25,26)/b14-10-. The summed E-state index contributed by atoms with van der Waals surface area (Å²) in [6, 6.07) is 6.97. The summed E-state index contributed by atoms with van der Waals surface area (Å²) in [5.74, 6) is -3.22. The number of hydrogen-bond acceptors (Lipinski definition) is 6. The highest BCUT2D eigenvalue weighted by molar-refractivity contribution is 6.05. The molecular weight excluding hydrogens is 382 g/mol. The smallest absolute Gasteiger partial charge is 0.326 e. The van der Waals surface area contributed by atoms with E-state index in [-0.39, 0.29) is 17.1 Å². The molecule has 0 aliphatic carbocycles. The van der Waals surface area contributed by atoms with E-state index in [1.807, 2.05) is 0 Å². The number of carboxylic acids is 1. The monoisotopic (exact) mass is 401 g/mol. The number of nitrogens with zero attached hydrogens (tertiary/aromatic N) is 1. The molecule has 2 rings (SSSR count). The molecule has 0 saturated carbocycles. The first kappa shape index (κ1) is 21.4. The van der Waals surface area contributed by atoms with Crippen molar-refractivity contribution in [1.82, 2.24) is 10.6 Å². The van der Waals surface area contributed by atoms with Crippen LogP contribution in [0.4, 0.5) is 5.69 Å². The van der Waals surface area contributed by atoms with Crippen molar-refractivity contribution in [2.45, 2.75) is 19.9 Å². The Morgan fingerprint density at radius 3 is 2.31 bits per heavy atom. The SMILES string of the molecule is CC(C)C(NC(=O)/C(=C/c1ccc([N+](=O)[O-])cc1)NC(=O)c1ccco1)C(=O)O. The van der Waals surface area contributed by atoms with Crippen LogP contribution in [0.3, 0.4) is 0 Å². The normalized spacial score (nSPS) is 12.3. The summed E-state index contributed by atoms with van der Waals surface area (Å²) in [7, 11) is 0. The van der Waals surface area contributed by atoms with Crippen LogP contribution in [0, 0.1) is 16.0 Å². The number of rotatable bonds is 8. The maximum atomic E-state index is 12.7. The second kappa shape index (κ2) is 9.31. The molecular formula is C19H19N3O7. The molecule has 1 atom stereocenters. The van der Waals surface area contributed by atoms with Gasteiger partial charge in [-0.2, -0.15) is 0 Å². The molecule has 0 bridgehead atoms. The van der Waals surface area contributed by atoms with E-state index in [1.54, 1.807) is 13.8 Å². The third-order valence-electron chi connectivity index (χ3n) is 3.87. The van der Waals surface area contributed by atoms with E-state index >= 15 is 0 Å². The molecule has 0 aliphatic rings. The van der Waals surface area contributed by atoms with Gasteiger partial charge in [0.15, 0.2) is 5.76 Å². The number of amides is 2. The first-order valence-corrected chi connectivity index (χ1v) is 8.53. The topological polar surface area (TPSA) is 152 Å². The van der Waals surface area contributed by atoms with Crippen LogP contribution in [0.5, 0.6) is 0 Å². The molecule has 10 nitrogen and oxygen atoms in total. The maximum absolute atomic E-state index is 12.7. The van der Waals surface area contributed by atoms with E-state index in [0.29, 0.717) is 5.56 Å². The Labute approximate surface area is 165 Å². The number of nitro groups is 1. The molecule has 10 heteroatoms. The van der Waals surface area contributed by atoms with Gasteiger partial charge >= 0.3 is 5.97 Å². The fourth-order valence-corrected chi connectivity index (χ4v) is 2.34. The number of benzene rings is 1. The number of nitrogens with one attached hydrogen (secondary N) is 2. The highest BCUT2D eigenvalue weighted by Crippen LogP contribution is 2.15. The quantitative estimate of drug-likeness (QED) is 0.348. The molecule has 0 aliphatic heterocycles. The van der Waals surface area contributed by atoms with Crippen LogP contribution in [0.25, 0.3) is 6.08 Å². The minimum absolute atomic E-state index is 0.0500.